The number of benzene rings is 2. The summed E-state index contributed by atoms with van der Waals surface area (Å²) in [5.74, 6) is -1.17. The molecule has 1 heterocycles. The van der Waals surface area contributed by atoms with Crippen molar-refractivity contribution >= 4 is 50.8 Å². The molecule has 0 aromatic heterocycles. The average Bonchev–Trinajstić information content (AvgIpc) is 3.31. The van der Waals surface area contributed by atoms with E-state index in [4.69, 9.17) is 27.9 Å². The number of anilines is 1. The normalized spacial score (nSPS) is 13.6. The van der Waals surface area contributed by atoms with Crippen LogP contribution < -0.4 is 4.31 Å². The molecular weight excluding hydrogens is 475 g/mol. The summed E-state index contributed by atoms with van der Waals surface area (Å²) in [4.78, 5) is 26.1. The summed E-state index contributed by atoms with van der Waals surface area (Å²) in [5, 5.41) is 0.481. The molecular formula is C22H22Cl2N2O5S. The lowest BCUT2D eigenvalue weighted by molar-refractivity contribution is -0.133. The van der Waals surface area contributed by atoms with Crippen molar-refractivity contribution in [1.82, 2.24) is 4.90 Å². The number of hydrogen-bond acceptors (Lipinski definition) is 5. The lowest BCUT2D eigenvalue weighted by atomic mass is 10.2. The Morgan fingerprint density at radius 2 is 1.75 bits per heavy atom. The first-order chi connectivity index (χ1) is 15.2. The van der Waals surface area contributed by atoms with Crippen molar-refractivity contribution in [2.45, 2.75) is 17.7 Å². The minimum atomic E-state index is -4.07. The Labute approximate surface area is 197 Å². The molecule has 1 aliphatic rings. The molecule has 32 heavy (non-hydrogen) atoms. The summed E-state index contributed by atoms with van der Waals surface area (Å²) < 4.78 is 32.9. The fourth-order valence-corrected chi connectivity index (χ4v) is 5.06. The van der Waals surface area contributed by atoms with Crippen LogP contribution in [0.2, 0.25) is 10.0 Å². The van der Waals surface area contributed by atoms with E-state index in [0.717, 1.165) is 23.2 Å². The zero-order chi connectivity index (χ0) is 23.3. The molecule has 1 aliphatic heterocycles. The molecule has 0 N–H and O–H groups in total. The molecule has 2 aromatic rings. The molecule has 7 nitrogen and oxygen atoms in total. The van der Waals surface area contributed by atoms with Crippen molar-refractivity contribution in [3.05, 3.63) is 70.7 Å². The molecule has 1 amide bonds. The van der Waals surface area contributed by atoms with Gasteiger partial charge in [0.2, 0.25) is 0 Å². The van der Waals surface area contributed by atoms with E-state index in [1.807, 2.05) is 0 Å². The van der Waals surface area contributed by atoms with Gasteiger partial charge in [0, 0.05) is 18.1 Å². The fourth-order valence-electron chi connectivity index (χ4n) is 3.28. The van der Waals surface area contributed by atoms with Crippen LogP contribution in [0, 0.1) is 0 Å². The first kappa shape index (κ1) is 24.1. The third-order valence-electron chi connectivity index (χ3n) is 4.94. The third-order valence-corrected chi connectivity index (χ3v) is 7.31. The Hall–Kier alpha value is -2.55. The van der Waals surface area contributed by atoms with Gasteiger partial charge in [-0.15, -0.1) is 6.58 Å². The van der Waals surface area contributed by atoms with E-state index in [9.17, 15) is 18.0 Å². The van der Waals surface area contributed by atoms with Gasteiger partial charge in [-0.05, 0) is 55.3 Å². The number of likely N-dealkylation sites (tertiary alicyclic amines) is 1. The Balaban J connectivity index is 1.84. The van der Waals surface area contributed by atoms with Crippen molar-refractivity contribution in [2.75, 3.05) is 30.5 Å². The highest BCUT2D eigenvalue weighted by molar-refractivity contribution is 7.92. The second kappa shape index (κ2) is 10.4. The highest BCUT2D eigenvalue weighted by Crippen LogP contribution is 2.28. The van der Waals surface area contributed by atoms with Gasteiger partial charge in [-0.25, -0.2) is 13.2 Å². The van der Waals surface area contributed by atoms with Crippen molar-refractivity contribution in [2.24, 2.45) is 0 Å². The molecule has 1 fully saturated rings. The van der Waals surface area contributed by atoms with Crippen LogP contribution in [0.5, 0.6) is 0 Å². The maximum atomic E-state index is 13.3. The fraction of sp³-hybridized carbons (Fsp3) is 0.273. The van der Waals surface area contributed by atoms with Gasteiger partial charge in [-0.2, -0.15) is 0 Å². The van der Waals surface area contributed by atoms with Crippen molar-refractivity contribution in [3.8, 4) is 0 Å². The molecule has 0 bridgehead atoms. The van der Waals surface area contributed by atoms with E-state index < -0.39 is 22.6 Å². The highest BCUT2D eigenvalue weighted by Gasteiger charge is 2.27. The van der Waals surface area contributed by atoms with E-state index in [-0.39, 0.29) is 27.9 Å². The molecule has 3 rings (SSSR count). The number of sulfonamides is 1. The van der Waals surface area contributed by atoms with Crippen molar-refractivity contribution < 1.29 is 22.7 Å². The van der Waals surface area contributed by atoms with Gasteiger partial charge >= 0.3 is 5.97 Å². The standard InChI is InChI=1S/C22H22Cl2N2O5S/c1-2-11-26(17-7-5-16(23)6-8-17)32(29,30)18-9-10-20(24)19(14-18)22(28)31-15-21(27)25-12-3-4-13-25/h2,5-10,14H,1,3-4,11-13,15H2. The number of nitrogens with zero attached hydrogens (tertiary/aromatic N) is 2. The smallest absolute Gasteiger partial charge is 0.340 e. The third kappa shape index (κ3) is 5.43. The van der Waals surface area contributed by atoms with Crippen molar-refractivity contribution in [1.29, 1.82) is 0 Å². The van der Waals surface area contributed by atoms with Crippen LogP contribution in [0.15, 0.2) is 60.0 Å². The Bertz CT molecular complexity index is 1110. The lowest BCUT2D eigenvalue weighted by Gasteiger charge is -2.23. The van der Waals surface area contributed by atoms with Crippen LogP contribution in [0.1, 0.15) is 23.2 Å². The van der Waals surface area contributed by atoms with Crippen LogP contribution in [-0.2, 0) is 19.6 Å². The Morgan fingerprint density at radius 3 is 2.38 bits per heavy atom. The minimum Gasteiger partial charge on any atom is -0.452 e. The molecule has 10 heteroatoms. The quantitative estimate of drug-likeness (QED) is 0.404. The summed E-state index contributed by atoms with van der Waals surface area (Å²) in [6.45, 7) is 4.45. The number of hydrogen-bond donors (Lipinski definition) is 0. The number of esters is 1. The topological polar surface area (TPSA) is 84.0 Å². The lowest BCUT2D eigenvalue weighted by Crippen LogP contribution is -2.32. The zero-order valence-corrected chi connectivity index (χ0v) is 19.5. The number of rotatable bonds is 8. The Morgan fingerprint density at radius 1 is 1.09 bits per heavy atom. The monoisotopic (exact) mass is 496 g/mol. The van der Waals surface area contributed by atoms with E-state index in [1.54, 1.807) is 29.2 Å². The van der Waals surface area contributed by atoms with Gasteiger partial charge in [0.25, 0.3) is 15.9 Å². The van der Waals surface area contributed by atoms with E-state index in [2.05, 4.69) is 6.58 Å². The summed E-state index contributed by atoms with van der Waals surface area (Å²) in [5.41, 5.74) is 0.237. The van der Waals surface area contributed by atoms with Crippen LogP contribution in [-0.4, -0.2) is 51.4 Å². The Kier molecular flexibility index (Phi) is 7.82. The number of amides is 1. The number of carbonyl (C=O) groups is 2. The molecule has 2 aromatic carbocycles. The summed E-state index contributed by atoms with van der Waals surface area (Å²) in [7, 11) is -4.07. The average molecular weight is 497 g/mol. The van der Waals surface area contributed by atoms with E-state index in [0.29, 0.717) is 23.8 Å². The number of ether oxygens (including phenoxy) is 1. The second-order valence-corrected chi connectivity index (χ2v) is 9.81. The maximum Gasteiger partial charge on any atom is 0.340 e. The van der Waals surface area contributed by atoms with Crippen LogP contribution in [0.3, 0.4) is 0 Å². The minimum absolute atomic E-state index is 0.00327. The molecule has 1 saturated heterocycles. The molecule has 0 atom stereocenters. The van der Waals surface area contributed by atoms with E-state index in [1.165, 1.54) is 18.2 Å². The van der Waals surface area contributed by atoms with Crippen LogP contribution >= 0.6 is 23.2 Å². The van der Waals surface area contributed by atoms with Gasteiger partial charge in [0.15, 0.2) is 6.61 Å². The largest absolute Gasteiger partial charge is 0.452 e. The maximum absolute atomic E-state index is 13.3. The first-order valence-corrected chi connectivity index (χ1v) is 12.1. The molecule has 0 radical (unpaired) electrons. The summed E-state index contributed by atoms with van der Waals surface area (Å²) in [6, 6.07) is 10.0. The highest BCUT2D eigenvalue weighted by atomic mass is 35.5. The second-order valence-electron chi connectivity index (χ2n) is 7.11. The van der Waals surface area contributed by atoms with Gasteiger partial charge in [-0.1, -0.05) is 29.3 Å². The van der Waals surface area contributed by atoms with Gasteiger partial charge < -0.3 is 9.64 Å². The first-order valence-electron chi connectivity index (χ1n) is 9.87. The summed E-state index contributed by atoms with van der Waals surface area (Å²) >= 11 is 12.0. The summed E-state index contributed by atoms with van der Waals surface area (Å²) in [6.07, 6.45) is 3.28. The molecule has 0 unspecified atom stereocenters. The van der Waals surface area contributed by atoms with Gasteiger partial charge in [0.1, 0.15) is 0 Å². The predicted octanol–water partition coefficient (Wildman–Crippen LogP) is 4.15. The molecule has 170 valence electrons. The van der Waals surface area contributed by atoms with Crippen molar-refractivity contribution in [3.63, 3.8) is 0 Å². The van der Waals surface area contributed by atoms with Crippen LogP contribution in [0.4, 0.5) is 5.69 Å². The predicted molar refractivity (Wildman–Crippen MR) is 124 cm³/mol. The zero-order valence-electron chi connectivity index (χ0n) is 17.2. The van der Waals surface area contributed by atoms with Gasteiger partial charge in [-0.3, -0.25) is 9.10 Å². The number of carbonyl (C=O) groups excluding carboxylic acids is 2. The van der Waals surface area contributed by atoms with Gasteiger partial charge in [0.05, 0.1) is 27.7 Å². The number of halogens is 2. The molecule has 0 aliphatic carbocycles. The van der Waals surface area contributed by atoms with E-state index >= 15 is 0 Å². The molecule has 0 spiro atoms. The SMILES string of the molecule is C=CCN(c1ccc(Cl)cc1)S(=O)(=O)c1ccc(Cl)c(C(=O)OCC(=O)N2CCCC2)c1. The molecule has 0 saturated carbocycles. The van der Waals surface area contributed by atoms with Crippen LogP contribution in [0.25, 0.3) is 0 Å².